The molecule has 0 unspecified atom stereocenters. The molecule has 0 radical (unpaired) electrons. The van der Waals surface area contributed by atoms with Gasteiger partial charge in [-0.05, 0) is 49.5 Å². The molecule has 0 saturated heterocycles. The number of hydrogen-bond donors (Lipinski definition) is 3. The number of carbonyl (C=O) groups is 3. The van der Waals surface area contributed by atoms with Gasteiger partial charge in [-0.2, -0.15) is 0 Å². The van der Waals surface area contributed by atoms with Gasteiger partial charge in [-0.3, -0.25) is 14.4 Å². The van der Waals surface area contributed by atoms with Crippen LogP contribution in [0.4, 0.5) is 0 Å². The SMILES string of the molecule is CC(C)C[C@H](O)[C@H](O)[C@H](CC1CCCCC1)N(CC(=O)N(C)C)C(=O)[C@@H](CC(=O)N[C@@H](C)c1ccccc1)CC1CC1. The van der Waals surface area contributed by atoms with Crippen molar-refractivity contribution in [3.05, 3.63) is 35.9 Å². The highest BCUT2D eigenvalue weighted by Crippen LogP contribution is 2.38. The minimum atomic E-state index is -1.18. The number of amides is 3. The zero-order valence-corrected chi connectivity index (χ0v) is 26.5. The Hall–Kier alpha value is -2.45. The van der Waals surface area contributed by atoms with Gasteiger partial charge in [0.1, 0.15) is 12.6 Å². The van der Waals surface area contributed by atoms with Crippen LogP contribution < -0.4 is 5.32 Å². The van der Waals surface area contributed by atoms with Gasteiger partial charge >= 0.3 is 0 Å². The molecule has 42 heavy (non-hydrogen) atoms. The van der Waals surface area contributed by atoms with Crippen molar-refractivity contribution in [2.45, 2.75) is 116 Å². The van der Waals surface area contributed by atoms with Crippen LogP contribution in [0.15, 0.2) is 30.3 Å². The molecule has 1 aromatic rings. The molecule has 2 fully saturated rings. The lowest BCUT2D eigenvalue weighted by Gasteiger charge is -2.41. The first kappa shape index (κ1) is 34.0. The van der Waals surface area contributed by atoms with Gasteiger partial charge in [0.2, 0.25) is 17.7 Å². The summed E-state index contributed by atoms with van der Waals surface area (Å²) in [7, 11) is 3.32. The van der Waals surface area contributed by atoms with Crippen molar-refractivity contribution in [3.63, 3.8) is 0 Å². The van der Waals surface area contributed by atoms with Gasteiger partial charge in [0, 0.05) is 26.4 Å². The van der Waals surface area contributed by atoms with Crippen LogP contribution in [0.3, 0.4) is 0 Å². The third kappa shape index (κ3) is 10.7. The van der Waals surface area contributed by atoms with Crippen molar-refractivity contribution < 1.29 is 24.6 Å². The Kier molecular flexibility index (Phi) is 13.3. The molecule has 8 nitrogen and oxygen atoms in total. The summed E-state index contributed by atoms with van der Waals surface area (Å²) in [5.41, 5.74) is 0.990. The highest BCUT2D eigenvalue weighted by molar-refractivity contribution is 5.89. The normalized spacial score (nSPS) is 19.4. The van der Waals surface area contributed by atoms with Gasteiger partial charge in [-0.15, -0.1) is 0 Å². The Bertz CT molecular complexity index is 990. The lowest BCUT2D eigenvalue weighted by atomic mass is 9.81. The van der Waals surface area contributed by atoms with E-state index >= 15 is 0 Å². The van der Waals surface area contributed by atoms with E-state index in [0.717, 1.165) is 44.1 Å². The Labute approximate surface area is 253 Å². The zero-order chi connectivity index (χ0) is 30.8. The summed E-state index contributed by atoms with van der Waals surface area (Å²) in [4.78, 5) is 43.9. The first-order valence-corrected chi connectivity index (χ1v) is 16.2. The van der Waals surface area contributed by atoms with E-state index < -0.39 is 24.2 Å². The highest BCUT2D eigenvalue weighted by Gasteiger charge is 2.41. The summed E-state index contributed by atoms with van der Waals surface area (Å²) in [5, 5.41) is 25.7. The number of rotatable bonds is 16. The average Bonchev–Trinajstić information content (AvgIpc) is 3.78. The number of likely N-dealkylation sites (N-methyl/N-ethyl adjacent to an activating group) is 1. The number of aliphatic hydroxyl groups excluding tert-OH is 2. The third-order valence-corrected chi connectivity index (χ3v) is 9.06. The molecule has 0 aliphatic heterocycles. The van der Waals surface area contributed by atoms with E-state index in [0.29, 0.717) is 31.1 Å². The quantitative estimate of drug-likeness (QED) is 0.261. The Morgan fingerprint density at radius 3 is 2.10 bits per heavy atom. The number of nitrogens with zero attached hydrogens (tertiary/aromatic N) is 2. The molecule has 236 valence electrons. The second kappa shape index (κ2) is 16.4. The van der Waals surface area contributed by atoms with Crippen LogP contribution in [0, 0.1) is 23.7 Å². The van der Waals surface area contributed by atoms with Gasteiger partial charge in [-0.25, -0.2) is 0 Å². The maximum Gasteiger partial charge on any atom is 0.241 e. The van der Waals surface area contributed by atoms with E-state index in [1.165, 1.54) is 16.2 Å². The van der Waals surface area contributed by atoms with Crippen LogP contribution >= 0.6 is 0 Å². The second-order valence-corrected chi connectivity index (χ2v) is 13.5. The largest absolute Gasteiger partial charge is 0.390 e. The van der Waals surface area contributed by atoms with Crippen LogP contribution in [0.2, 0.25) is 0 Å². The van der Waals surface area contributed by atoms with Crippen LogP contribution in [0.1, 0.15) is 103 Å². The lowest BCUT2D eigenvalue weighted by molar-refractivity contribution is -0.151. The molecule has 0 bridgehead atoms. The summed E-state index contributed by atoms with van der Waals surface area (Å²) in [6.07, 6.45) is 6.84. The van der Waals surface area contributed by atoms with Crippen LogP contribution in [-0.4, -0.2) is 76.6 Å². The highest BCUT2D eigenvalue weighted by atomic mass is 16.3. The predicted octanol–water partition coefficient (Wildman–Crippen LogP) is 4.69. The molecule has 0 aromatic heterocycles. The van der Waals surface area contributed by atoms with Crippen molar-refractivity contribution in [2.75, 3.05) is 20.6 Å². The van der Waals surface area contributed by atoms with Crippen molar-refractivity contribution in [3.8, 4) is 0 Å². The molecular weight excluding hydrogens is 530 g/mol. The average molecular weight is 586 g/mol. The minimum Gasteiger partial charge on any atom is -0.390 e. The van der Waals surface area contributed by atoms with E-state index in [9.17, 15) is 24.6 Å². The van der Waals surface area contributed by atoms with E-state index in [2.05, 4.69) is 5.32 Å². The molecular formula is C34H55N3O5. The summed E-state index contributed by atoms with van der Waals surface area (Å²) >= 11 is 0. The third-order valence-electron chi connectivity index (χ3n) is 9.06. The van der Waals surface area contributed by atoms with E-state index in [1.807, 2.05) is 51.1 Å². The Balaban J connectivity index is 1.89. The van der Waals surface area contributed by atoms with Gasteiger partial charge in [-0.1, -0.05) is 89.1 Å². The first-order valence-electron chi connectivity index (χ1n) is 16.2. The van der Waals surface area contributed by atoms with E-state index in [4.69, 9.17) is 0 Å². The number of benzene rings is 1. The minimum absolute atomic E-state index is 0.0277. The summed E-state index contributed by atoms with van der Waals surface area (Å²) in [6.45, 7) is 5.73. The van der Waals surface area contributed by atoms with Crippen LogP contribution in [-0.2, 0) is 14.4 Å². The number of nitrogens with one attached hydrogen (secondary N) is 1. The zero-order valence-electron chi connectivity index (χ0n) is 26.5. The first-order chi connectivity index (χ1) is 20.0. The molecule has 0 heterocycles. The molecule has 5 atom stereocenters. The lowest BCUT2D eigenvalue weighted by Crippen LogP contribution is -2.56. The maximum atomic E-state index is 14.5. The second-order valence-electron chi connectivity index (χ2n) is 13.5. The van der Waals surface area contributed by atoms with E-state index in [-0.39, 0.29) is 42.6 Å². The van der Waals surface area contributed by atoms with E-state index in [1.54, 1.807) is 14.1 Å². The van der Waals surface area contributed by atoms with Gasteiger partial charge < -0.3 is 25.3 Å². The molecule has 2 aliphatic carbocycles. The maximum absolute atomic E-state index is 14.5. The molecule has 0 spiro atoms. The summed E-state index contributed by atoms with van der Waals surface area (Å²) in [5.74, 6) is -0.446. The van der Waals surface area contributed by atoms with Crippen molar-refractivity contribution in [2.24, 2.45) is 23.7 Å². The fourth-order valence-corrected chi connectivity index (χ4v) is 6.35. The molecule has 8 heteroatoms. The number of carbonyl (C=O) groups excluding carboxylic acids is 3. The molecule has 1 aromatic carbocycles. The molecule has 3 N–H and O–H groups in total. The number of aliphatic hydroxyl groups is 2. The monoisotopic (exact) mass is 585 g/mol. The fourth-order valence-electron chi connectivity index (χ4n) is 6.35. The molecule has 2 aliphatic rings. The molecule has 2 saturated carbocycles. The smallest absolute Gasteiger partial charge is 0.241 e. The van der Waals surface area contributed by atoms with Crippen molar-refractivity contribution >= 4 is 17.7 Å². The van der Waals surface area contributed by atoms with Crippen LogP contribution in [0.5, 0.6) is 0 Å². The van der Waals surface area contributed by atoms with Gasteiger partial charge in [0.15, 0.2) is 0 Å². The predicted molar refractivity (Wildman–Crippen MR) is 165 cm³/mol. The summed E-state index contributed by atoms with van der Waals surface area (Å²) in [6, 6.07) is 8.82. The standard InChI is InChI=1S/C34H55N3O5/c1-23(2)18-30(38)33(41)29(20-25-12-8-6-9-13-25)37(22-32(40)36(4)5)34(42)28(19-26-16-17-26)21-31(39)35-24(3)27-14-10-7-11-15-27/h7,10-11,14-15,23-26,28-30,33,38,41H,6,8-9,12-13,16-22H2,1-5H3,(H,35,39)/t24-,28+,29-,30-,33+/m0/s1. The molecule has 3 rings (SSSR count). The molecule has 3 amide bonds. The summed E-state index contributed by atoms with van der Waals surface area (Å²) < 4.78 is 0. The topological polar surface area (TPSA) is 110 Å². The Morgan fingerprint density at radius 1 is 0.905 bits per heavy atom. The number of hydrogen-bond acceptors (Lipinski definition) is 5. The fraction of sp³-hybridized carbons (Fsp3) is 0.735. The van der Waals surface area contributed by atoms with Gasteiger partial charge in [0.05, 0.1) is 18.2 Å². The van der Waals surface area contributed by atoms with Crippen LogP contribution in [0.25, 0.3) is 0 Å². The Morgan fingerprint density at radius 2 is 1.52 bits per heavy atom. The van der Waals surface area contributed by atoms with Gasteiger partial charge in [0.25, 0.3) is 0 Å². The van der Waals surface area contributed by atoms with Crippen molar-refractivity contribution in [1.29, 1.82) is 0 Å². The van der Waals surface area contributed by atoms with Crippen molar-refractivity contribution in [1.82, 2.24) is 15.1 Å².